The second kappa shape index (κ2) is 5.28. The van der Waals surface area contributed by atoms with Crippen LogP contribution in [0.5, 0.6) is 11.5 Å². The van der Waals surface area contributed by atoms with Gasteiger partial charge in [-0.1, -0.05) is 0 Å². The Morgan fingerprint density at radius 3 is 2.40 bits per heavy atom. The molecule has 1 aliphatic rings. The van der Waals surface area contributed by atoms with Crippen LogP contribution in [0.1, 0.15) is 42.0 Å². The third-order valence-electron chi connectivity index (χ3n) is 4.68. The van der Waals surface area contributed by atoms with Crippen LogP contribution in [-0.4, -0.2) is 36.2 Å². The Morgan fingerprint density at radius 2 is 1.80 bits per heavy atom. The van der Waals surface area contributed by atoms with Gasteiger partial charge in [-0.2, -0.15) is 0 Å². The summed E-state index contributed by atoms with van der Waals surface area (Å²) in [5.74, 6) is 1.44. The van der Waals surface area contributed by atoms with Gasteiger partial charge in [0.15, 0.2) is 0 Å². The second-order valence-electron chi connectivity index (χ2n) is 6.64. The smallest absolute Gasteiger partial charge is 0.127 e. The number of ether oxygens (including phenoxy) is 1. The maximum Gasteiger partial charge on any atom is 0.127 e. The van der Waals surface area contributed by atoms with E-state index in [2.05, 4.69) is 25.9 Å². The van der Waals surface area contributed by atoms with Crippen LogP contribution in [0.2, 0.25) is 0 Å². The van der Waals surface area contributed by atoms with Crippen molar-refractivity contribution in [2.24, 2.45) is 0 Å². The van der Waals surface area contributed by atoms with E-state index in [4.69, 9.17) is 4.74 Å². The lowest BCUT2D eigenvalue weighted by Crippen LogP contribution is -2.39. The molecule has 3 nitrogen and oxygen atoms in total. The van der Waals surface area contributed by atoms with Crippen LogP contribution in [-0.2, 0) is 6.42 Å². The number of hydrogen-bond donors (Lipinski definition) is 1. The minimum Gasteiger partial charge on any atom is -0.507 e. The van der Waals surface area contributed by atoms with Crippen molar-refractivity contribution in [3.63, 3.8) is 0 Å². The highest BCUT2D eigenvalue weighted by atomic mass is 16.5. The molecule has 1 aromatic carbocycles. The molecule has 0 radical (unpaired) electrons. The summed E-state index contributed by atoms with van der Waals surface area (Å²) >= 11 is 0. The predicted octanol–water partition coefficient (Wildman–Crippen LogP) is 3.35. The fourth-order valence-electron chi connectivity index (χ4n) is 2.93. The maximum atomic E-state index is 10.2. The number of benzene rings is 1. The van der Waals surface area contributed by atoms with E-state index in [-0.39, 0.29) is 5.60 Å². The molecule has 0 fully saturated rings. The number of aromatic hydroxyl groups is 1. The Balaban J connectivity index is 2.35. The lowest BCUT2D eigenvalue weighted by molar-refractivity contribution is 0.0480. The highest BCUT2D eigenvalue weighted by Gasteiger charge is 2.34. The monoisotopic (exact) mass is 277 g/mol. The zero-order chi connectivity index (χ0) is 15.1. The molecule has 1 N–H and O–H groups in total. The number of rotatable bonds is 3. The van der Waals surface area contributed by atoms with Gasteiger partial charge in [0.25, 0.3) is 0 Å². The van der Waals surface area contributed by atoms with Gasteiger partial charge in [0, 0.05) is 12.1 Å². The zero-order valence-corrected chi connectivity index (χ0v) is 13.6. The number of fused-ring (bicyclic) bond motifs is 1. The molecule has 0 aromatic heterocycles. The number of phenolic OH excluding ortho intramolecular Hbond substituents is 1. The summed E-state index contributed by atoms with van der Waals surface area (Å²) in [6.07, 6.45) is 3.02. The first-order valence-corrected chi connectivity index (χ1v) is 7.40. The molecule has 0 saturated heterocycles. The summed E-state index contributed by atoms with van der Waals surface area (Å²) in [5, 5.41) is 10.2. The van der Waals surface area contributed by atoms with E-state index in [9.17, 15) is 5.11 Å². The largest absolute Gasteiger partial charge is 0.507 e. The molecule has 1 aliphatic heterocycles. The van der Waals surface area contributed by atoms with Crippen molar-refractivity contribution in [3.8, 4) is 11.5 Å². The SMILES string of the molecule is Cc1c(C)c2c(c(C)c1O)CC[C@](C)(CCN(C)C)O2. The van der Waals surface area contributed by atoms with Gasteiger partial charge >= 0.3 is 0 Å². The summed E-state index contributed by atoms with van der Waals surface area (Å²) in [7, 11) is 4.19. The van der Waals surface area contributed by atoms with E-state index in [0.29, 0.717) is 5.75 Å². The summed E-state index contributed by atoms with van der Waals surface area (Å²) in [6, 6.07) is 0. The van der Waals surface area contributed by atoms with Crippen molar-refractivity contribution in [2.45, 2.75) is 52.6 Å². The minimum atomic E-state index is -0.0993. The Labute approximate surface area is 122 Å². The molecule has 3 heteroatoms. The Morgan fingerprint density at radius 1 is 1.15 bits per heavy atom. The van der Waals surface area contributed by atoms with Crippen LogP contribution >= 0.6 is 0 Å². The molecule has 1 aromatic rings. The van der Waals surface area contributed by atoms with Gasteiger partial charge in [-0.15, -0.1) is 0 Å². The Kier molecular flexibility index (Phi) is 4.01. The van der Waals surface area contributed by atoms with Gasteiger partial charge in [0.05, 0.1) is 0 Å². The molecule has 0 unspecified atom stereocenters. The molecule has 0 bridgehead atoms. The van der Waals surface area contributed by atoms with Gasteiger partial charge < -0.3 is 14.7 Å². The van der Waals surface area contributed by atoms with Crippen LogP contribution in [0.4, 0.5) is 0 Å². The first-order valence-electron chi connectivity index (χ1n) is 7.40. The fraction of sp³-hybridized carbons (Fsp3) is 0.647. The first kappa shape index (κ1) is 15.2. The highest BCUT2D eigenvalue weighted by Crippen LogP contribution is 2.43. The molecule has 0 amide bonds. The lowest BCUT2D eigenvalue weighted by atomic mass is 9.85. The van der Waals surface area contributed by atoms with Gasteiger partial charge in [-0.25, -0.2) is 0 Å². The molecular formula is C17H27NO2. The Bertz CT molecular complexity index is 522. The fourth-order valence-corrected chi connectivity index (χ4v) is 2.93. The van der Waals surface area contributed by atoms with E-state index in [1.54, 1.807) is 0 Å². The highest BCUT2D eigenvalue weighted by molar-refractivity contribution is 5.58. The number of hydrogen-bond acceptors (Lipinski definition) is 3. The standard InChI is InChI=1S/C17H27NO2/c1-11-12(2)16-14(13(3)15(11)19)7-8-17(4,20-16)9-10-18(5)6/h19H,7-10H2,1-6H3/t17-/m1/s1. The van der Waals surface area contributed by atoms with E-state index >= 15 is 0 Å². The average molecular weight is 277 g/mol. The van der Waals surface area contributed by atoms with Gasteiger partial charge in [0.2, 0.25) is 0 Å². The van der Waals surface area contributed by atoms with E-state index < -0.39 is 0 Å². The predicted molar refractivity (Wildman–Crippen MR) is 82.8 cm³/mol. The Hall–Kier alpha value is -1.22. The molecule has 2 rings (SSSR count). The average Bonchev–Trinajstić information content (AvgIpc) is 2.41. The summed E-state index contributed by atoms with van der Waals surface area (Å²) in [5.41, 5.74) is 4.10. The first-order chi connectivity index (χ1) is 9.25. The van der Waals surface area contributed by atoms with E-state index in [0.717, 1.165) is 48.2 Å². The van der Waals surface area contributed by atoms with Crippen molar-refractivity contribution >= 4 is 0 Å². The van der Waals surface area contributed by atoms with E-state index in [1.807, 2.05) is 20.8 Å². The molecule has 112 valence electrons. The molecule has 1 heterocycles. The normalized spacial score (nSPS) is 21.8. The van der Waals surface area contributed by atoms with Crippen molar-refractivity contribution in [2.75, 3.05) is 20.6 Å². The van der Waals surface area contributed by atoms with Gasteiger partial charge in [-0.3, -0.25) is 0 Å². The molecule has 1 atom stereocenters. The van der Waals surface area contributed by atoms with Crippen LogP contribution in [0.3, 0.4) is 0 Å². The van der Waals surface area contributed by atoms with Gasteiger partial charge in [0.1, 0.15) is 17.1 Å². The topological polar surface area (TPSA) is 32.7 Å². The zero-order valence-electron chi connectivity index (χ0n) is 13.6. The third kappa shape index (κ3) is 2.64. The molecular weight excluding hydrogens is 250 g/mol. The van der Waals surface area contributed by atoms with Crippen LogP contribution in [0.25, 0.3) is 0 Å². The third-order valence-corrected chi connectivity index (χ3v) is 4.68. The van der Waals surface area contributed by atoms with Crippen molar-refractivity contribution in [3.05, 3.63) is 22.3 Å². The quantitative estimate of drug-likeness (QED) is 0.919. The molecule has 0 aliphatic carbocycles. The molecule has 20 heavy (non-hydrogen) atoms. The van der Waals surface area contributed by atoms with Crippen molar-refractivity contribution in [1.29, 1.82) is 0 Å². The summed E-state index contributed by atoms with van der Waals surface area (Å²) in [4.78, 5) is 2.20. The van der Waals surface area contributed by atoms with Crippen LogP contribution in [0, 0.1) is 20.8 Å². The lowest BCUT2D eigenvalue weighted by Gasteiger charge is -2.38. The molecule has 0 spiro atoms. The summed E-state index contributed by atoms with van der Waals surface area (Å²) in [6.45, 7) is 9.24. The minimum absolute atomic E-state index is 0.0993. The van der Waals surface area contributed by atoms with Crippen LogP contribution in [0.15, 0.2) is 0 Å². The van der Waals surface area contributed by atoms with Crippen molar-refractivity contribution in [1.82, 2.24) is 4.90 Å². The maximum absolute atomic E-state index is 10.2. The van der Waals surface area contributed by atoms with E-state index in [1.165, 1.54) is 5.56 Å². The van der Waals surface area contributed by atoms with Crippen LogP contribution < -0.4 is 4.74 Å². The second-order valence-corrected chi connectivity index (χ2v) is 6.64. The van der Waals surface area contributed by atoms with Gasteiger partial charge in [-0.05, 0) is 77.7 Å². The molecule has 0 saturated carbocycles. The summed E-state index contributed by atoms with van der Waals surface area (Å²) < 4.78 is 6.38. The van der Waals surface area contributed by atoms with Crippen molar-refractivity contribution < 1.29 is 9.84 Å². The number of nitrogens with zero attached hydrogens (tertiary/aromatic N) is 1. The number of phenols is 1.